The van der Waals surface area contributed by atoms with Crippen molar-refractivity contribution in [3.63, 3.8) is 0 Å². The summed E-state index contributed by atoms with van der Waals surface area (Å²) in [7, 11) is 0. The molecule has 3 heterocycles. The molecule has 0 aromatic heterocycles. The minimum atomic E-state index is -1.34. The molecule has 2 amide bonds. The number of carboxylic acid groups (broad SMARTS) is 1. The molecule has 1 aliphatic carbocycles. The van der Waals surface area contributed by atoms with Crippen LogP contribution in [0, 0.1) is 17.7 Å². The third kappa shape index (κ3) is 3.77. The summed E-state index contributed by atoms with van der Waals surface area (Å²) in [6.45, 7) is 0.855. The van der Waals surface area contributed by atoms with E-state index in [0.717, 1.165) is 19.3 Å². The number of rotatable bonds is 5. The molecular weight excluding hydrogens is 568 g/mol. The number of nitrogens with zero attached hydrogens (tertiary/aromatic N) is 2. The molecule has 210 valence electrons. The molecule has 3 aliphatic heterocycles. The molecule has 1 spiro atoms. The van der Waals surface area contributed by atoms with Crippen molar-refractivity contribution in [2.24, 2.45) is 11.8 Å². The number of carbonyl (C=O) groups excluding carboxylic acids is 2. The molecule has 3 aromatic carbocycles. The lowest BCUT2D eigenvalue weighted by Gasteiger charge is -2.43. The minimum absolute atomic E-state index is 0.0760. The Morgan fingerprint density at radius 2 is 1.83 bits per heavy atom. The van der Waals surface area contributed by atoms with Gasteiger partial charge in [0.2, 0.25) is 11.8 Å². The number of fused-ring (bicyclic) bond motifs is 3. The lowest BCUT2D eigenvalue weighted by molar-refractivity contribution is -0.128. The predicted molar refractivity (Wildman–Crippen MR) is 153 cm³/mol. The van der Waals surface area contributed by atoms with Crippen molar-refractivity contribution in [2.45, 2.75) is 36.8 Å². The van der Waals surface area contributed by atoms with Gasteiger partial charge in [-0.3, -0.25) is 14.5 Å². The first-order chi connectivity index (χ1) is 19.7. The zero-order valence-corrected chi connectivity index (χ0v) is 23.3. The number of hydrogen-bond acceptors (Lipinski definition) is 4. The van der Waals surface area contributed by atoms with Crippen LogP contribution in [0.1, 0.15) is 46.7 Å². The second-order valence-corrected chi connectivity index (χ2v) is 12.2. The fraction of sp³-hybridized carbons (Fsp3) is 0.323. The molecule has 3 aromatic rings. The van der Waals surface area contributed by atoms with Crippen LogP contribution in [-0.2, 0) is 15.1 Å². The second kappa shape index (κ2) is 9.54. The van der Waals surface area contributed by atoms with Gasteiger partial charge in [0.05, 0.1) is 16.5 Å². The SMILES string of the molecule is O=C(O)c1ccc(N2C[C@@H]3[C@@H](C2=O)[C@H](c2cccc(Cl)c2F)C2(C(=O)Nc4cc(Cl)ccc42)N3CC2CCC2)cc1. The normalized spacial score (nSPS) is 27.2. The minimum Gasteiger partial charge on any atom is -0.478 e. The molecule has 7 rings (SSSR count). The standard InChI is InChI=1S/C31H26Cl2FN3O4/c32-18-9-12-21-23(13-18)35-30(41)31(21)26(20-5-2-6-22(33)27(20)34)25-24(37(31)14-16-3-1-4-16)15-36(28(25)38)19-10-7-17(8-11-19)29(39)40/h2,5-13,16,24-26H,1,3-4,14-15H2,(H,35,41)(H,39,40)/t24-,25-,26+,31?/m1/s1. The van der Waals surface area contributed by atoms with E-state index in [2.05, 4.69) is 10.2 Å². The molecular formula is C31H26Cl2FN3O4. The summed E-state index contributed by atoms with van der Waals surface area (Å²) < 4.78 is 16.0. The van der Waals surface area contributed by atoms with Crippen LogP contribution in [0.2, 0.25) is 10.0 Å². The molecule has 0 radical (unpaired) electrons. The zero-order valence-electron chi connectivity index (χ0n) is 21.8. The number of halogens is 3. The van der Waals surface area contributed by atoms with Crippen LogP contribution in [0.4, 0.5) is 15.8 Å². The summed E-state index contributed by atoms with van der Waals surface area (Å²) >= 11 is 12.6. The Hall–Kier alpha value is -3.46. The van der Waals surface area contributed by atoms with Crippen LogP contribution in [0.3, 0.4) is 0 Å². The molecule has 41 heavy (non-hydrogen) atoms. The third-order valence-corrected chi connectivity index (χ3v) is 9.93. The topological polar surface area (TPSA) is 90.0 Å². The van der Waals surface area contributed by atoms with Crippen molar-refractivity contribution in [1.82, 2.24) is 4.90 Å². The van der Waals surface area contributed by atoms with Gasteiger partial charge in [0.15, 0.2) is 0 Å². The average Bonchev–Trinajstić information content (AvgIpc) is 3.50. The van der Waals surface area contributed by atoms with Crippen molar-refractivity contribution < 1.29 is 23.9 Å². The summed E-state index contributed by atoms with van der Waals surface area (Å²) in [5.41, 5.74) is 0.782. The Morgan fingerprint density at radius 1 is 1.07 bits per heavy atom. The van der Waals surface area contributed by atoms with Crippen molar-refractivity contribution in [3.05, 3.63) is 93.2 Å². The predicted octanol–water partition coefficient (Wildman–Crippen LogP) is 5.91. The van der Waals surface area contributed by atoms with Crippen LogP contribution in [0.5, 0.6) is 0 Å². The number of nitrogens with one attached hydrogen (secondary N) is 1. The number of carbonyl (C=O) groups is 3. The van der Waals surface area contributed by atoms with Crippen LogP contribution in [-0.4, -0.2) is 46.9 Å². The molecule has 1 unspecified atom stereocenters. The van der Waals surface area contributed by atoms with Gasteiger partial charge in [-0.05, 0) is 66.8 Å². The number of carboxylic acids is 1. The first-order valence-electron chi connectivity index (χ1n) is 13.7. The zero-order chi connectivity index (χ0) is 28.6. The van der Waals surface area contributed by atoms with Crippen molar-refractivity contribution in [2.75, 3.05) is 23.3 Å². The molecule has 4 aliphatic rings. The number of aromatic carboxylic acids is 1. The van der Waals surface area contributed by atoms with Gasteiger partial charge in [0, 0.05) is 47.0 Å². The fourth-order valence-electron chi connectivity index (χ4n) is 7.41. The number of anilines is 2. The van der Waals surface area contributed by atoms with E-state index >= 15 is 4.39 Å². The number of likely N-dealkylation sites (tertiary alicyclic amines) is 1. The summed E-state index contributed by atoms with van der Waals surface area (Å²) in [5, 5.41) is 12.7. The highest BCUT2D eigenvalue weighted by Crippen LogP contribution is 2.62. The van der Waals surface area contributed by atoms with E-state index in [1.54, 1.807) is 41.3 Å². The van der Waals surface area contributed by atoms with Crippen LogP contribution in [0.15, 0.2) is 60.7 Å². The second-order valence-electron chi connectivity index (χ2n) is 11.4. The summed E-state index contributed by atoms with van der Waals surface area (Å²) in [6.07, 6.45) is 3.14. The Bertz CT molecular complexity index is 1610. The highest BCUT2D eigenvalue weighted by Gasteiger charge is 2.71. The average molecular weight is 594 g/mol. The van der Waals surface area contributed by atoms with E-state index < -0.39 is 35.2 Å². The lowest BCUT2D eigenvalue weighted by atomic mass is 9.71. The van der Waals surface area contributed by atoms with E-state index in [9.17, 15) is 19.5 Å². The monoisotopic (exact) mass is 593 g/mol. The van der Waals surface area contributed by atoms with Crippen LogP contribution < -0.4 is 10.2 Å². The first-order valence-corrected chi connectivity index (χ1v) is 14.4. The molecule has 10 heteroatoms. The van der Waals surface area contributed by atoms with Gasteiger partial charge in [0.1, 0.15) is 11.4 Å². The highest BCUT2D eigenvalue weighted by atomic mass is 35.5. The molecule has 2 saturated heterocycles. The summed E-state index contributed by atoms with van der Waals surface area (Å²) in [4.78, 5) is 43.9. The first kappa shape index (κ1) is 26.4. The van der Waals surface area contributed by atoms with E-state index in [1.165, 1.54) is 18.2 Å². The summed E-state index contributed by atoms with van der Waals surface area (Å²) in [6, 6.07) is 15.7. The van der Waals surface area contributed by atoms with Gasteiger partial charge in [-0.2, -0.15) is 0 Å². The Morgan fingerprint density at radius 3 is 2.51 bits per heavy atom. The van der Waals surface area contributed by atoms with E-state index in [4.69, 9.17) is 23.2 Å². The Labute approximate surface area is 245 Å². The van der Waals surface area contributed by atoms with Crippen LogP contribution in [0.25, 0.3) is 0 Å². The molecule has 7 nitrogen and oxygen atoms in total. The van der Waals surface area contributed by atoms with E-state index in [1.807, 2.05) is 6.07 Å². The number of benzene rings is 3. The van der Waals surface area contributed by atoms with Crippen LogP contribution >= 0.6 is 23.2 Å². The summed E-state index contributed by atoms with van der Waals surface area (Å²) in [5.74, 6) is -3.53. The lowest BCUT2D eigenvalue weighted by Crippen LogP contribution is -2.55. The van der Waals surface area contributed by atoms with Gasteiger partial charge in [-0.1, -0.05) is 47.8 Å². The van der Waals surface area contributed by atoms with Gasteiger partial charge >= 0.3 is 5.97 Å². The van der Waals surface area contributed by atoms with Gasteiger partial charge in [0.25, 0.3) is 0 Å². The van der Waals surface area contributed by atoms with Gasteiger partial charge in [-0.25, -0.2) is 9.18 Å². The highest BCUT2D eigenvalue weighted by molar-refractivity contribution is 6.31. The molecule has 0 bridgehead atoms. The Kier molecular flexibility index (Phi) is 6.15. The smallest absolute Gasteiger partial charge is 0.335 e. The Balaban J connectivity index is 1.43. The molecule has 3 fully saturated rings. The van der Waals surface area contributed by atoms with E-state index in [-0.39, 0.29) is 34.5 Å². The van der Waals surface area contributed by atoms with Gasteiger partial charge in [-0.15, -0.1) is 0 Å². The molecule has 2 N–H and O–H groups in total. The maximum Gasteiger partial charge on any atom is 0.335 e. The van der Waals surface area contributed by atoms with E-state index in [0.29, 0.717) is 34.4 Å². The maximum absolute atomic E-state index is 16.0. The van der Waals surface area contributed by atoms with Crippen molar-refractivity contribution >= 4 is 52.4 Å². The number of amides is 2. The quantitative estimate of drug-likeness (QED) is 0.384. The van der Waals surface area contributed by atoms with Crippen molar-refractivity contribution in [3.8, 4) is 0 Å². The largest absolute Gasteiger partial charge is 0.478 e. The van der Waals surface area contributed by atoms with Gasteiger partial charge < -0.3 is 15.3 Å². The maximum atomic E-state index is 16.0. The molecule has 1 saturated carbocycles. The molecule has 4 atom stereocenters. The third-order valence-electron chi connectivity index (χ3n) is 9.41. The number of hydrogen-bond donors (Lipinski definition) is 2. The van der Waals surface area contributed by atoms with Crippen molar-refractivity contribution in [1.29, 1.82) is 0 Å². The fourth-order valence-corrected chi connectivity index (χ4v) is 7.76.